The lowest BCUT2D eigenvalue weighted by atomic mass is 9.67. The van der Waals surface area contributed by atoms with E-state index in [1.54, 1.807) is 0 Å². The number of hydrogen-bond acceptors (Lipinski definition) is 5. The van der Waals surface area contributed by atoms with Crippen molar-refractivity contribution in [1.82, 2.24) is 15.1 Å². The standard InChI is InChI=1S/C22H30N4O3/c1-15(2)7-6-10-26-20(28)22(19(27)23-21(26)29)13-16-8-4-5-9-17(16)25-12-11-24(3)14-18(22)25/h4-5,8-9,15,18H,6-7,10-14H2,1-3H3,(H,23,27,29). The lowest BCUT2D eigenvalue weighted by Crippen LogP contribution is -2.75. The molecule has 4 rings (SSSR count). The molecule has 156 valence electrons. The van der Waals surface area contributed by atoms with Gasteiger partial charge in [0.05, 0.1) is 6.04 Å². The number of nitrogens with one attached hydrogen (secondary N) is 1. The highest BCUT2D eigenvalue weighted by atomic mass is 16.2. The number of benzene rings is 1. The number of fused-ring (bicyclic) bond motifs is 4. The second-order valence-corrected chi connectivity index (χ2v) is 9.00. The van der Waals surface area contributed by atoms with E-state index in [1.807, 2.05) is 25.2 Å². The Hall–Kier alpha value is -2.41. The Morgan fingerprint density at radius 1 is 1.17 bits per heavy atom. The van der Waals surface area contributed by atoms with Crippen molar-refractivity contribution in [3.63, 3.8) is 0 Å². The lowest BCUT2D eigenvalue weighted by molar-refractivity contribution is -0.154. The van der Waals surface area contributed by atoms with Crippen molar-refractivity contribution < 1.29 is 14.4 Å². The molecular weight excluding hydrogens is 368 g/mol. The first kappa shape index (κ1) is 19.9. The van der Waals surface area contributed by atoms with E-state index in [0.717, 1.165) is 37.2 Å². The zero-order chi connectivity index (χ0) is 20.8. The third-order valence-corrected chi connectivity index (χ3v) is 6.58. The van der Waals surface area contributed by atoms with Crippen LogP contribution in [0.15, 0.2) is 24.3 Å². The van der Waals surface area contributed by atoms with Crippen LogP contribution in [-0.4, -0.2) is 66.9 Å². The van der Waals surface area contributed by atoms with Crippen molar-refractivity contribution in [1.29, 1.82) is 0 Å². The molecule has 1 aromatic carbocycles. The number of imide groups is 2. The maximum Gasteiger partial charge on any atom is 0.330 e. The number of rotatable bonds is 4. The molecule has 0 radical (unpaired) electrons. The smallest absolute Gasteiger partial charge is 0.330 e. The van der Waals surface area contributed by atoms with Gasteiger partial charge >= 0.3 is 6.03 Å². The summed E-state index contributed by atoms with van der Waals surface area (Å²) in [6, 6.07) is 7.13. The van der Waals surface area contributed by atoms with Gasteiger partial charge in [0.2, 0.25) is 11.8 Å². The molecule has 3 aliphatic heterocycles. The molecule has 1 aromatic rings. The van der Waals surface area contributed by atoms with E-state index in [-0.39, 0.29) is 11.9 Å². The van der Waals surface area contributed by atoms with E-state index >= 15 is 0 Å². The van der Waals surface area contributed by atoms with Gasteiger partial charge in [-0.05, 0) is 43.9 Å². The van der Waals surface area contributed by atoms with Crippen LogP contribution in [0.3, 0.4) is 0 Å². The number of anilines is 1. The molecular formula is C22H30N4O3. The second-order valence-electron chi connectivity index (χ2n) is 9.00. The van der Waals surface area contributed by atoms with E-state index in [1.165, 1.54) is 4.90 Å². The molecule has 2 atom stereocenters. The zero-order valence-corrected chi connectivity index (χ0v) is 17.5. The van der Waals surface area contributed by atoms with E-state index in [4.69, 9.17) is 0 Å². The number of urea groups is 1. The van der Waals surface area contributed by atoms with Crippen molar-refractivity contribution in [3.8, 4) is 0 Å². The molecule has 29 heavy (non-hydrogen) atoms. The van der Waals surface area contributed by atoms with Crippen molar-refractivity contribution in [3.05, 3.63) is 29.8 Å². The molecule has 7 heteroatoms. The van der Waals surface area contributed by atoms with Gasteiger partial charge in [0.25, 0.3) is 0 Å². The maximum absolute atomic E-state index is 13.8. The molecule has 2 saturated heterocycles. The highest BCUT2D eigenvalue weighted by molar-refractivity contribution is 6.20. The second kappa shape index (κ2) is 7.44. The molecule has 1 spiro atoms. The van der Waals surface area contributed by atoms with Crippen LogP contribution in [0.25, 0.3) is 0 Å². The van der Waals surface area contributed by atoms with E-state index in [2.05, 4.69) is 35.0 Å². The summed E-state index contributed by atoms with van der Waals surface area (Å²) in [6.45, 7) is 6.83. The van der Waals surface area contributed by atoms with Gasteiger partial charge in [-0.15, -0.1) is 0 Å². The Morgan fingerprint density at radius 2 is 1.93 bits per heavy atom. The van der Waals surface area contributed by atoms with Gasteiger partial charge in [0.15, 0.2) is 5.41 Å². The summed E-state index contributed by atoms with van der Waals surface area (Å²) in [4.78, 5) is 45.2. The number of para-hydroxylation sites is 1. The predicted molar refractivity (Wildman–Crippen MR) is 111 cm³/mol. The number of likely N-dealkylation sites (N-methyl/N-ethyl adjacent to an activating group) is 1. The molecule has 2 unspecified atom stereocenters. The molecule has 1 N–H and O–H groups in total. The highest BCUT2D eigenvalue weighted by Crippen LogP contribution is 2.45. The van der Waals surface area contributed by atoms with Gasteiger partial charge in [0, 0.05) is 31.9 Å². The molecule has 3 aliphatic rings. The van der Waals surface area contributed by atoms with Crippen molar-refractivity contribution in [2.45, 2.75) is 39.2 Å². The Morgan fingerprint density at radius 3 is 2.69 bits per heavy atom. The van der Waals surface area contributed by atoms with Gasteiger partial charge < -0.3 is 9.80 Å². The summed E-state index contributed by atoms with van der Waals surface area (Å²) in [7, 11) is 2.02. The number of amides is 4. The van der Waals surface area contributed by atoms with Crippen LogP contribution in [0.5, 0.6) is 0 Å². The molecule has 0 saturated carbocycles. The first-order valence-electron chi connectivity index (χ1n) is 10.5. The third-order valence-electron chi connectivity index (χ3n) is 6.58. The Balaban J connectivity index is 1.74. The summed E-state index contributed by atoms with van der Waals surface area (Å²) in [5.74, 6) is -0.292. The lowest BCUT2D eigenvalue weighted by Gasteiger charge is -2.55. The van der Waals surface area contributed by atoms with Crippen molar-refractivity contribution in [2.75, 3.05) is 38.1 Å². The van der Waals surface area contributed by atoms with Gasteiger partial charge in [0.1, 0.15) is 0 Å². The fourth-order valence-corrected chi connectivity index (χ4v) is 5.01. The largest absolute Gasteiger partial charge is 0.364 e. The van der Waals surface area contributed by atoms with Gasteiger partial charge in [-0.3, -0.25) is 19.8 Å². The van der Waals surface area contributed by atoms with Crippen molar-refractivity contribution >= 4 is 23.5 Å². The highest BCUT2D eigenvalue weighted by Gasteiger charge is 2.62. The number of carbonyl (C=O) groups excluding carboxylic acids is 3. The fraction of sp³-hybridized carbons (Fsp3) is 0.591. The summed E-state index contributed by atoms with van der Waals surface area (Å²) in [5.41, 5.74) is 0.822. The fourth-order valence-electron chi connectivity index (χ4n) is 5.01. The number of piperazine rings is 1. The maximum atomic E-state index is 13.8. The van der Waals surface area contributed by atoms with E-state index in [9.17, 15) is 14.4 Å². The summed E-state index contributed by atoms with van der Waals surface area (Å²) in [6.07, 6.45) is 2.00. The van der Waals surface area contributed by atoms with Crippen LogP contribution in [0.1, 0.15) is 32.3 Å². The predicted octanol–water partition coefficient (Wildman–Crippen LogP) is 1.86. The van der Waals surface area contributed by atoms with Crippen LogP contribution < -0.4 is 10.2 Å². The zero-order valence-electron chi connectivity index (χ0n) is 17.5. The van der Waals surface area contributed by atoms with Gasteiger partial charge in [-0.25, -0.2) is 4.79 Å². The first-order valence-corrected chi connectivity index (χ1v) is 10.5. The molecule has 0 aliphatic carbocycles. The van der Waals surface area contributed by atoms with Crippen LogP contribution in [0.2, 0.25) is 0 Å². The van der Waals surface area contributed by atoms with Gasteiger partial charge in [-0.1, -0.05) is 32.0 Å². The van der Waals surface area contributed by atoms with Crippen LogP contribution in [-0.2, 0) is 16.0 Å². The minimum Gasteiger partial charge on any atom is -0.364 e. The normalized spacial score (nSPS) is 27.3. The monoisotopic (exact) mass is 398 g/mol. The average molecular weight is 399 g/mol. The van der Waals surface area contributed by atoms with Crippen molar-refractivity contribution in [2.24, 2.45) is 11.3 Å². The Bertz CT molecular complexity index is 839. The summed E-state index contributed by atoms with van der Waals surface area (Å²) in [5, 5.41) is 2.52. The number of nitrogens with zero attached hydrogens (tertiary/aromatic N) is 3. The summed E-state index contributed by atoms with van der Waals surface area (Å²) < 4.78 is 0. The topological polar surface area (TPSA) is 73.0 Å². The number of carbonyl (C=O) groups is 3. The molecule has 7 nitrogen and oxygen atoms in total. The molecule has 0 bridgehead atoms. The molecule has 4 amide bonds. The Kier molecular flexibility index (Phi) is 5.11. The number of barbiturate groups is 1. The van der Waals surface area contributed by atoms with E-state index in [0.29, 0.717) is 25.4 Å². The average Bonchev–Trinajstić information content (AvgIpc) is 2.68. The first-order chi connectivity index (χ1) is 13.8. The van der Waals surface area contributed by atoms with Crippen LogP contribution in [0, 0.1) is 11.3 Å². The van der Waals surface area contributed by atoms with Crippen LogP contribution in [0.4, 0.5) is 10.5 Å². The minimum atomic E-state index is -1.27. The van der Waals surface area contributed by atoms with Crippen LogP contribution >= 0.6 is 0 Å². The van der Waals surface area contributed by atoms with E-state index < -0.39 is 17.4 Å². The quantitative estimate of drug-likeness (QED) is 0.784. The van der Waals surface area contributed by atoms with Gasteiger partial charge in [-0.2, -0.15) is 0 Å². The minimum absolute atomic E-state index is 0.288. The number of hydrogen-bond donors (Lipinski definition) is 1. The molecule has 0 aromatic heterocycles. The SMILES string of the molecule is CC(C)CCCN1C(=O)NC(=O)C2(Cc3ccccc3N3CCN(C)CC32)C1=O. The molecule has 2 fully saturated rings. The third kappa shape index (κ3) is 3.21. The molecule has 3 heterocycles. The summed E-state index contributed by atoms with van der Waals surface area (Å²) >= 11 is 0. The Labute approximate surface area is 172 Å².